The van der Waals surface area contributed by atoms with E-state index in [4.69, 9.17) is 5.73 Å². The fourth-order valence-corrected chi connectivity index (χ4v) is 2.92. The number of nitrogens with two attached hydrogens (primary N) is 1. The lowest BCUT2D eigenvalue weighted by atomic mass is 10.2. The molecule has 1 aliphatic rings. The summed E-state index contributed by atoms with van der Waals surface area (Å²) < 4.78 is 14.3. The van der Waals surface area contributed by atoms with Crippen molar-refractivity contribution in [1.29, 1.82) is 0 Å². The lowest BCUT2D eigenvalue weighted by molar-refractivity contribution is -0.119. The summed E-state index contributed by atoms with van der Waals surface area (Å²) in [5.41, 5.74) is 5.24. The summed E-state index contributed by atoms with van der Waals surface area (Å²) in [5.74, 6) is -1.25. The molecule has 21 heavy (non-hydrogen) atoms. The summed E-state index contributed by atoms with van der Waals surface area (Å²) in [5, 5.41) is 0. The zero-order chi connectivity index (χ0) is 15.4. The molecule has 1 fully saturated rings. The molecule has 2 N–H and O–H groups in total. The van der Waals surface area contributed by atoms with Crippen molar-refractivity contribution in [2.24, 2.45) is 5.73 Å². The van der Waals surface area contributed by atoms with Gasteiger partial charge in [-0.3, -0.25) is 14.5 Å². The summed E-state index contributed by atoms with van der Waals surface area (Å²) in [4.78, 5) is 26.9. The molecule has 0 aliphatic carbocycles. The van der Waals surface area contributed by atoms with Crippen LogP contribution in [0.2, 0.25) is 0 Å². The van der Waals surface area contributed by atoms with E-state index in [9.17, 15) is 14.0 Å². The van der Waals surface area contributed by atoms with Gasteiger partial charge in [-0.1, -0.05) is 6.07 Å². The number of carbonyl (C=O) groups is 2. The Hall–Kier alpha value is -1.47. The summed E-state index contributed by atoms with van der Waals surface area (Å²) >= 11 is 3.22. The maximum atomic E-state index is 13.9. The van der Waals surface area contributed by atoms with Gasteiger partial charge in [0.15, 0.2) is 0 Å². The highest BCUT2D eigenvalue weighted by atomic mass is 79.9. The lowest BCUT2D eigenvalue weighted by Crippen LogP contribution is -2.38. The smallest absolute Gasteiger partial charge is 0.258 e. The van der Waals surface area contributed by atoms with Gasteiger partial charge >= 0.3 is 0 Å². The van der Waals surface area contributed by atoms with Gasteiger partial charge in [0.2, 0.25) is 5.91 Å². The van der Waals surface area contributed by atoms with E-state index in [1.807, 2.05) is 4.90 Å². The van der Waals surface area contributed by atoms with Crippen LogP contribution in [0.5, 0.6) is 0 Å². The quantitative estimate of drug-likeness (QED) is 0.884. The van der Waals surface area contributed by atoms with Gasteiger partial charge in [-0.25, -0.2) is 4.39 Å². The number of halogens is 2. The van der Waals surface area contributed by atoms with Crippen molar-refractivity contribution in [3.63, 3.8) is 0 Å². The number of hydrogen-bond acceptors (Lipinski definition) is 3. The van der Waals surface area contributed by atoms with Crippen molar-refractivity contribution in [2.45, 2.75) is 6.42 Å². The number of benzene rings is 1. The summed E-state index contributed by atoms with van der Waals surface area (Å²) in [6.07, 6.45) is 0.727. The van der Waals surface area contributed by atoms with E-state index in [2.05, 4.69) is 15.9 Å². The van der Waals surface area contributed by atoms with Crippen LogP contribution in [0.25, 0.3) is 0 Å². The predicted octanol–water partition coefficient (Wildman–Crippen LogP) is 1.22. The second kappa shape index (κ2) is 7.00. The fourth-order valence-electron chi connectivity index (χ4n) is 2.41. The Labute approximate surface area is 131 Å². The van der Waals surface area contributed by atoms with Gasteiger partial charge < -0.3 is 10.6 Å². The summed E-state index contributed by atoms with van der Waals surface area (Å²) in [6, 6.07) is 4.47. The van der Waals surface area contributed by atoms with Crippen LogP contribution < -0.4 is 5.73 Å². The number of primary amides is 1. The van der Waals surface area contributed by atoms with Crippen molar-refractivity contribution >= 4 is 27.7 Å². The topological polar surface area (TPSA) is 66.6 Å². The van der Waals surface area contributed by atoms with Crippen LogP contribution in [0.3, 0.4) is 0 Å². The highest BCUT2D eigenvalue weighted by Crippen LogP contribution is 2.22. The van der Waals surface area contributed by atoms with Crippen molar-refractivity contribution in [3.05, 3.63) is 34.1 Å². The Bertz CT molecular complexity index is 533. The molecule has 0 bridgehead atoms. The lowest BCUT2D eigenvalue weighted by Gasteiger charge is -2.22. The van der Waals surface area contributed by atoms with Gasteiger partial charge in [0, 0.05) is 30.7 Å². The van der Waals surface area contributed by atoms with E-state index < -0.39 is 5.82 Å². The molecule has 0 aromatic heterocycles. The largest absolute Gasteiger partial charge is 0.369 e. The normalized spacial score (nSPS) is 16.6. The summed E-state index contributed by atoms with van der Waals surface area (Å²) in [6.45, 7) is 2.43. The molecule has 7 heteroatoms. The van der Waals surface area contributed by atoms with E-state index in [0.29, 0.717) is 30.7 Å². The van der Waals surface area contributed by atoms with Crippen LogP contribution in [0, 0.1) is 5.82 Å². The van der Waals surface area contributed by atoms with Crippen molar-refractivity contribution in [1.82, 2.24) is 9.80 Å². The van der Waals surface area contributed by atoms with Gasteiger partial charge in [-0.15, -0.1) is 0 Å². The van der Waals surface area contributed by atoms with Crippen LogP contribution >= 0.6 is 15.9 Å². The van der Waals surface area contributed by atoms with Gasteiger partial charge in [0.25, 0.3) is 5.91 Å². The fraction of sp³-hybridized carbons (Fsp3) is 0.429. The van der Waals surface area contributed by atoms with E-state index in [1.165, 1.54) is 6.07 Å². The molecule has 1 aromatic carbocycles. The third-order valence-electron chi connectivity index (χ3n) is 3.43. The molecular weight excluding hydrogens is 341 g/mol. The Morgan fingerprint density at radius 1 is 1.24 bits per heavy atom. The Balaban J connectivity index is 2.08. The second-order valence-corrected chi connectivity index (χ2v) is 5.84. The maximum absolute atomic E-state index is 13.9. The minimum atomic E-state index is -0.535. The first-order valence-corrected chi connectivity index (χ1v) is 7.52. The van der Waals surface area contributed by atoms with E-state index >= 15 is 0 Å². The third-order valence-corrected chi connectivity index (χ3v) is 4.09. The van der Waals surface area contributed by atoms with Gasteiger partial charge in [-0.2, -0.15) is 0 Å². The van der Waals surface area contributed by atoms with Gasteiger partial charge in [0.1, 0.15) is 5.82 Å². The average molecular weight is 358 g/mol. The molecule has 1 aliphatic heterocycles. The Kier molecular flexibility index (Phi) is 5.30. The Morgan fingerprint density at radius 2 is 2.00 bits per heavy atom. The molecule has 0 spiro atoms. The maximum Gasteiger partial charge on any atom is 0.258 e. The molecule has 2 amide bonds. The standard InChI is InChI=1S/C14H17BrFN3O2/c15-10-3-1-4-11(16)13(10)14(21)19-6-2-5-18(7-8-19)9-12(17)20/h1,3-4H,2,5-9H2,(H2,17,20). The van der Waals surface area contributed by atoms with Crippen LogP contribution in [0.4, 0.5) is 4.39 Å². The molecule has 1 aromatic rings. The summed E-state index contributed by atoms with van der Waals surface area (Å²) in [7, 11) is 0. The van der Waals surface area contributed by atoms with E-state index in [1.54, 1.807) is 17.0 Å². The molecule has 2 rings (SSSR count). The van der Waals surface area contributed by atoms with Crippen LogP contribution in [-0.4, -0.2) is 54.3 Å². The first-order valence-electron chi connectivity index (χ1n) is 6.73. The van der Waals surface area contributed by atoms with Crippen LogP contribution in [0.15, 0.2) is 22.7 Å². The van der Waals surface area contributed by atoms with Crippen LogP contribution in [-0.2, 0) is 4.79 Å². The molecule has 5 nitrogen and oxygen atoms in total. The van der Waals surface area contributed by atoms with E-state index in [0.717, 1.165) is 6.42 Å². The van der Waals surface area contributed by atoms with Crippen molar-refractivity contribution in [3.8, 4) is 0 Å². The molecule has 114 valence electrons. The molecule has 1 heterocycles. The van der Waals surface area contributed by atoms with Crippen LogP contribution in [0.1, 0.15) is 16.8 Å². The monoisotopic (exact) mass is 357 g/mol. The second-order valence-electron chi connectivity index (χ2n) is 4.98. The first-order chi connectivity index (χ1) is 9.99. The Morgan fingerprint density at radius 3 is 2.67 bits per heavy atom. The molecule has 0 unspecified atom stereocenters. The van der Waals surface area contributed by atoms with Crippen molar-refractivity contribution in [2.75, 3.05) is 32.7 Å². The number of hydrogen-bond donors (Lipinski definition) is 1. The molecule has 0 atom stereocenters. The van der Waals surface area contributed by atoms with Gasteiger partial charge in [0.05, 0.1) is 12.1 Å². The molecule has 0 saturated carbocycles. The number of rotatable bonds is 3. The SMILES string of the molecule is NC(=O)CN1CCCN(C(=O)c2c(F)cccc2Br)CC1. The predicted molar refractivity (Wildman–Crippen MR) is 80.3 cm³/mol. The highest BCUT2D eigenvalue weighted by Gasteiger charge is 2.24. The third kappa shape index (κ3) is 4.01. The first kappa shape index (κ1) is 15.9. The molecular formula is C14H17BrFN3O2. The molecule has 1 saturated heterocycles. The zero-order valence-electron chi connectivity index (χ0n) is 11.5. The van der Waals surface area contributed by atoms with Crippen molar-refractivity contribution < 1.29 is 14.0 Å². The van der Waals surface area contributed by atoms with Gasteiger partial charge in [-0.05, 0) is 34.5 Å². The number of amides is 2. The average Bonchev–Trinajstić information content (AvgIpc) is 2.63. The zero-order valence-corrected chi connectivity index (χ0v) is 13.1. The number of carbonyl (C=O) groups excluding carboxylic acids is 2. The minimum Gasteiger partial charge on any atom is -0.369 e. The van der Waals surface area contributed by atoms with E-state index in [-0.39, 0.29) is 23.9 Å². The highest BCUT2D eigenvalue weighted by molar-refractivity contribution is 9.10. The number of nitrogens with zero attached hydrogens (tertiary/aromatic N) is 2. The minimum absolute atomic E-state index is 0.0563. The molecule has 0 radical (unpaired) electrons.